The average Bonchev–Trinajstić information content (AvgIpc) is 2.33. The van der Waals surface area contributed by atoms with Crippen LogP contribution in [0.15, 0.2) is 15.7 Å². The Labute approximate surface area is 68.1 Å². The molecule has 1 rings (SSSR count). The van der Waals surface area contributed by atoms with Gasteiger partial charge >= 0.3 is 0 Å². The Bertz CT molecular complexity index is 278. The third-order valence-corrected chi connectivity index (χ3v) is 2.79. The van der Waals surface area contributed by atoms with Gasteiger partial charge in [-0.15, -0.1) is 11.3 Å². The van der Waals surface area contributed by atoms with Crippen molar-refractivity contribution < 1.29 is 13.7 Å². The lowest BCUT2D eigenvalue weighted by molar-refractivity contribution is -0.384. The van der Waals surface area contributed by atoms with E-state index in [9.17, 15) is 18.9 Å². The van der Waals surface area contributed by atoms with E-state index in [2.05, 4.69) is 0 Å². The molecule has 0 fully saturated rings. The number of nitro groups is 1. The van der Waals surface area contributed by atoms with E-state index in [-0.39, 0.29) is 9.90 Å². The fourth-order valence-corrected chi connectivity index (χ4v) is 1.75. The molecule has 60 valence electrons. The van der Waals surface area contributed by atoms with Crippen LogP contribution in [0.1, 0.15) is 0 Å². The smallest absolute Gasteiger partial charge is 0.281 e. The molecule has 0 spiro atoms. The monoisotopic (exact) mass is 192 g/mol. The molecule has 0 amide bonds. The number of thiophene rings is 1. The van der Waals surface area contributed by atoms with Gasteiger partial charge in [-0.25, -0.2) is 0 Å². The summed E-state index contributed by atoms with van der Waals surface area (Å²) < 4.78 is 20.4. The Morgan fingerprint density at radius 2 is 2.27 bits per heavy atom. The topological polar surface area (TPSA) is 83.3 Å². The second-order valence-corrected chi connectivity index (χ2v) is 3.69. The first kappa shape index (κ1) is 8.31. The van der Waals surface area contributed by atoms with Gasteiger partial charge in [0, 0.05) is 6.07 Å². The molecule has 0 aliphatic heterocycles. The van der Waals surface area contributed by atoms with Crippen molar-refractivity contribution in [2.45, 2.75) is 4.21 Å². The normalized spacial score (nSPS) is 12.8. The SMILES string of the molecule is O=[N+]([O-])c1csc(S(=O)[O-])c1. The zero-order valence-electron chi connectivity index (χ0n) is 5.05. The highest BCUT2D eigenvalue weighted by atomic mass is 32.2. The van der Waals surface area contributed by atoms with Crippen molar-refractivity contribution in [3.8, 4) is 0 Å². The minimum absolute atomic E-state index is 0.0169. The third-order valence-electron chi connectivity index (χ3n) is 0.937. The van der Waals surface area contributed by atoms with Crippen LogP contribution in [0, 0.1) is 10.1 Å². The average molecular weight is 192 g/mol. The zero-order chi connectivity index (χ0) is 8.43. The van der Waals surface area contributed by atoms with Crippen LogP contribution < -0.4 is 0 Å². The molecule has 1 unspecified atom stereocenters. The molecule has 1 heterocycles. The summed E-state index contributed by atoms with van der Waals surface area (Å²) in [6.45, 7) is 0. The summed E-state index contributed by atoms with van der Waals surface area (Å²) in [6.07, 6.45) is 0. The molecule has 5 nitrogen and oxygen atoms in total. The van der Waals surface area contributed by atoms with E-state index in [0.29, 0.717) is 0 Å². The third kappa shape index (κ3) is 1.82. The Kier molecular flexibility index (Phi) is 2.32. The Hall–Kier alpha value is -0.790. The molecule has 11 heavy (non-hydrogen) atoms. The molecule has 1 atom stereocenters. The fraction of sp³-hybridized carbons (Fsp3) is 0. The van der Waals surface area contributed by atoms with Crippen LogP contribution in [-0.4, -0.2) is 13.7 Å². The second kappa shape index (κ2) is 3.07. The zero-order valence-corrected chi connectivity index (χ0v) is 6.68. The van der Waals surface area contributed by atoms with E-state index >= 15 is 0 Å². The highest BCUT2D eigenvalue weighted by molar-refractivity contribution is 7.81. The molecule has 0 aromatic carbocycles. The van der Waals surface area contributed by atoms with Gasteiger partial charge in [0.05, 0.1) is 14.5 Å². The molecule has 0 bridgehead atoms. The largest absolute Gasteiger partial charge is 0.768 e. The Morgan fingerprint density at radius 1 is 1.64 bits per heavy atom. The van der Waals surface area contributed by atoms with Crippen LogP contribution in [0.4, 0.5) is 5.69 Å². The van der Waals surface area contributed by atoms with Crippen molar-refractivity contribution in [1.29, 1.82) is 0 Å². The summed E-state index contributed by atoms with van der Waals surface area (Å²) in [4.78, 5) is 9.42. The van der Waals surface area contributed by atoms with Gasteiger partial charge in [-0.3, -0.25) is 14.3 Å². The van der Waals surface area contributed by atoms with E-state index in [4.69, 9.17) is 0 Å². The maximum atomic E-state index is 10.2. The molecule has 0 N–H and O–H groups in total. The highest BCUT2D eigenvalue weighted by Gasteiger charge is 2.08. The summed E-state index contributed by atoms with van der Waals surface area (Å²) in [5, 5.41) is 11.2. The quantitative estimate of drug-likeness (QED) is 0.396. The molecular weight excluding hydrogens is 190 g/mol. The van der Waals surface area contributed by atoms with Gasteiger partial charge in [-0.2, -0.15) is 0 Å². The summed E-state index contributed by atoms with van der Waals surface area (Å²) in [5.41, 5.74) is -0.186. The van der Waals surface area contributed by atoms with Gasteiger partial charge in [-0.05, 0) is 11.1 Å². The number of rotatable bonds is 2. The molecule has 0 saturated heterocycles. The summed E-state index contributed by atoms with van der Waals surface area (Å²) in [7, 11) is 0. The minimum Gasteiger partial charge on any atom is -0.768 e. The van der Waals surface area contributed by atoms with E-state index in [1.165, 1.54) is 5.38 Å². The maximum Gasteiger partial charge on any atom is 0.281 e. The lowest BCUT2D eigenvalue weighted by Gasteiger charge is -1.96. The molecular formula is C4H2NO4S2-. The molecule has 1 aromatic heterocycles. The van der Waals surface area contributed by atoms with Gasteiger partial charge < -0.3 is 4.55 Å². The molecule has 0 aliphatic carbocycles. The predicted octanol–water partition coefficient (Wildman–Crippen LogP) is 0.894. The lowest BCUT2D eigenvalue weighted by Crippen LogP contribution is -1.85. The van der Waals surface area contributed by atoms with Crippen LogP contribution in [0.25, 0.3) is 0 Å². The maximum absolute atomic E-state index is 10.2. The highest BCUT2D eigenvalue weighted by Crippen LogP contribution is 2.22. The van der Waals surface area contributed by atoms with E-state index in [0.717, 1.165) is 17.4 Å². The minimum atomic E-state index is -2.36. The number of hydrogen-bond acceptors (Lipinski definition) is 5. The molecule has 0 saturated carbocycles. The number of hydrogen-bond donors (Lipinski definition) is 0. The van der Waals surface area contributed by atoms with E-state index in [1.807, 2.05) is 0 Å². The lowest BCUT2D eigenvalue weighted by atomic mass is 10.6. The first-order valence-electron chi connectivity index (χ1n) is 2.43. The first-order chi connectivity index (χ1) is 5.11. The van der Waals surface area contributed by atoms with Crippen LogP contribution in [0.2, 0.25) is 0 Å². The standard InChI is InChI=1S/C4H3NO4S2/c6-5(7)3-1-4(10-2-3)11(8)9/h1-2H,(H,8,9)/p-1. The second-order valence-electron chi connectivity index (χ2n) is 1.62. The summed E-state index contributed by atoms with van der Waals surface area (Å²) in [6, 6.07) is 1.02. The molecule has 1 aromatic rings. The Balaban J connectivity index is 2.99. The fourth-order valence-electron chi connectivity index (χ4n) is 0.490. The van der Waals surface area contributed by atoms with Gasteiger partial charge in [0.15, 0.2) is 0 Å². The first-order valence-corrected chi connectivity index (χ1v) is 4.39. The van der Waals surface area contributed by atoms with Crippen molar-refractivity contribution in [1.82, 2.24) is 0 Å². The van der Waals surface area contributed by atoms with E-state index in [1.54, 1.807) is 0 Å². The van der Waals surface area contributed by atoms with E-state index < -0.39 is 16.0 Å². The number of nitrogens with zero attached hydrogens (tertiary/aromatic N) is 1. The Morgan fingerprint density at radius 3 is 2.55 bits per heavy atom. The van der Waals surface area contributed by atoms with Crippen LogP contribution >= 0.6 is 11.3 Å². The van der Waals surface area contributed by atoms with Crippen LogP contribution in [0.5, 0.6) is 0 Å². The van der Waals surface area contributed by atoms with Gasteiger partial charge in [0.25, 0.3) is 5.69 Å². The van der Waals surface area contributed by atoms with Gasteiger partial charge in [0.1, 0.15) is 0 Å². The summed E-state index contributed by atoms with van der Waals surface area (Å²) >= 11 is -1.53. The van der Waals surface area contributed by atoms with Gasteiger partial charge in [0.2, 0.25) is 0 Å². The van der Waals surface area contributed by atoms with Crippen LogP contribution in [0.3, 0.4) is 0 Å². The summed E-state index contributed by atoms with van der Waals surface area (Å²) in [5.74, 6) is 0. The molecule has 7 heteroatoms. The van der Waals surface area contributed by atoms with Crippen LogP contribution in [-0.2, 0) is 11.1 Å². The van der Waals surface area contributed by atoms with Crippen molar-refractivity contribution in [2.24, 2.45) is 0 Å². The van der Waals surface area contributed by atoms with Crippen molar-refractivity contribution in [3.63, 3.8) is 0 Å². The van der Waals surface area contributed by atoms with Crippen molar-refractivity contribution in [3.05, 3.63) is 21.6 Å². The molecule has 0 radical (unpaired) electrons. The van der Waals surface area contributed by atoms with Gasteiger partial charge in [-0.1, -0.05) is 0 Å². The molecule has 0 aliphatic rings. The van der Waals surface area contributed by atoms with Crippen molar-refractivity contribution in [2.75, 3.05) is 0 Å². The predicted molar refractivity (Wildman–Crippen MR) is 38.2 cm³/mol. The van der Waals surface area contributed by atoms with Crippen molar-refractivity contribution >= 4 is 28.1 Å².